The number of primary sulfonamides is 1. The van der Waals surface area contributed by atoms with E-state index in [4.69, 9.17) is 14.6 Å². The molecule has 0 radical (unpaired) electrons. The summed E-state index contributed by atoms with van der Waals surface area (Å²) in [6.07, 6.45) is 0. The van der Waals surface area contributed by atoms with Crippen molar-refractivity contribution in [2.75, 3.05) is 20.8 Å². The summed E-state index contributed by atoms with van der Waals surface area (Å²) in [7, 11) is -1.09. The molecule has 0 unspecified atom stereocenters. The fourth-order valence-corrected chi connectivity index (χ4v) is 2.93. The monoisotopic (exact) mass is 406 g/mol. The van der Waals surface area contributed by atoms with E-state index in [1.165, 1.54) is 24.1 Å². The zero-order valence-corrected chi connectivity index (χ0v) is 16.7. The van der Waals surface area contributed by atoms with Gasteiger partial charge in [0.15, 0.2) is 6.61 Å². The minimum absolute atomic E-state index is 0.109. The molecule has 1 amide bonds. The van der Waals surface area contributed by atoms with Gasteiger partial charge < -0.3 is 14.4 Å². The highest BCUT2D eigenvalue weighted by Crippen LogP contribution is 2.22. The predicted molar refractivity (Wildman–Crippen MR) is 102 cm³/mol. The molecule has 0 saturated heterocycles. The van der Waals surface area contributed by atoms with Gasteiger partial charge in [0, 0.05) is 13.6 Å². The second-order valence-electron chi connectivity index (χ2n) is 6.22. The minimum atomic E-state index is -4.00. The molecule has 0 aliphatic rings. The molecule has 0 heterocycles. The molecule has 2 N–H and O–H groups in total. The lowest BCUT2D eigenvalue weighted by Gasteiger charge is -2.17. The number of benzene rings is 2. The van der Waals surface area contributed by atoms with Crippen LogP contribution in [0.2, 0.25) is 0 Å². The lowest BCUT2D eigenvalue weighted by Crippen LogP contribution is -2.30. The fourth-order valence-electron chi connectivity index (χ4n) is 2.39. The highest BCUT2D eigenvalue weighted by molar-refractivity contribution is 7.89. The number of carbonyl (C=O) groups excluding carboxylic acids is 2. The molecule has 150 valence electrons. The van der Waals surface area contributed by atoms with Gasteiger partial charge in [0.2, 0.25) is 10.0 Å². The van der Waals surface area contributed by atoms with Crippen molar-refractivity contribution in [2.24, 2.45) is 5.14 Å². The van der Waals surface area contributed by atoms with Crippen LogP contribution in [-0.4, -0.2) is 46.0 Å². The van der Waals surface area contributed by atoms with Crippen LogP contribution in [-0.2, 0) is 26.1 Å². The lowest BCUT2D eigenvalue weighted by atomic mass is 10.1. The highest BCUT2D eigenvalue weighted by atomic mass is 32.2. The number of amides is 1. The van der Waals surface area contributed by atoms with Gasteiger partial charge in [0.1, 0.15) is 11.3 Å². The van der Waals surface area contributed by atoms with Gasteiger partial charge in [0.25, 0.3) is 5.91 Å². The van der Waals surface area contributed by atoms with Crippen LogP contribution in [0.5, 0.6) is 5.75 Å². The maximum absolute atomic E-state index is 12.3. The molecular formula is C19H22N2O6S. The van der Waals surface area contributed by atoms with Crippen molar-refractivity contribution >= 4 is 21.9 Å². The van der Waals surface area contributed by atoms with E-state index in [9.17, 15) is 18.0 Å². The number of rotatable bonds is 7. The van der Waals surface area contributed by atoms with Gasteiger partial charge in [-0.1, -0.05) is 29.8 Å². The number of esters is 1. The minimum Gasteiger partial charge on any atom is -0.496 e. The Morgan fingerprint density at radius 1 is 1.11 bits per heavy atom. The van der Waals surface area contributed by atoms with E-state index in [0.29, 0.717) is 6.54 Å². The summed E-state index contributed by atoms with van der Waals surface area (Å²) in [6.45, 7) is 1.84. The smallest absolute Gasteiger partial charge is 0.342 e. The van der Waals surface area contributed by atoms with Crippen LogP contribution in [0, 0.1) is 6.92 Å². The summed E-state index contributed by atoms with van der Waals surface area (Å²) in [5.74, 6) is -1.19. The Morgan fingerprint density at radius 3 is 2.32 bits per heavy atom. The number of methoxy groups -OCH3 is 1. The number of likely N-dealkylation sites (N-methyl/N-ethyl adjacent to an activating group) is 1. The third-order valence-electron chi connectivity index (χ3n) is 4.01. The molecule has 9 heteroatoms. The van der Waals surface area contributed by atoms with Crippen LogP contribution < -0.4 is 9.88 Å². The lowest BCUT2D eigenvalue weighted by molar-refractivity contribution is -0.133. The first kappa shape index (κ1) is 21.4. The molecule has 0 fully saturated rings. The zero-order valence-electron chi connectivity index (χ0n) is 15.8. The van der Waals surface area contributed by atoms with Crippen molar-refractivity contribution in [3.63, 3.8) is 0 Å². The fraction of sp³-hybridized carbons (Fsp3) is 0.263. The largest absolute Gasteiger partial charge is 0.496 e. The maximum Gasteiger partial charge on any atom is 0.342 e. The van der Waals surface area contributed by atoms with E-state index in [1.54, 1.807) is 7.05 Å². The van der Waals surface area contributed by atoms with Crippen LogP contribution >= 0.6 is 0 Å². The second-order valence-corrected chi connectivity index (χ2v) is 7.78. The average Bonchev–Trinajstić information content (AvgIpc) is 2.66. The van der Waals surface area contributed by atoms with Gasteiger partial charge in [-0.15, -0.1) is 0 Å². The van der Waals surface area contributed by atoms with Gasteiger partial charge >= 0.3 is 5.97 Å². The van der Waals surface area contributed by atoms with Crippen molar-refractivity contribution in [2.45, 2.75) is 18.4 Å². The van der Waals surface area contributed by atoms with Crippen LogP contribution in [0.3, 0.4) is 0 Å². The molecule has 2 aromatic rings. The molecule has 0 aliphatic carbocycles. The quantitative estimate of drug-likeness (QED) is 0.696. The van der Waals surface area contributed by atoms with E-state index >= 15 is 0 Å². The number of nitrogens with zero attached hydrogens (tertiary/aromatic N) is 1. The van der Waals surface area contributed by atoms with Gasteiger partial charge in [-0.2, -0.15) is 0 Å². The van der Waals surface area contributed by atoms with Gasteiger partial charge in [-0.25, -0.2) is 18.4 Å². The number of ether oxygens (including phenoxy) is 2. The summed E-state index contributed by atoms with van der Waals surface area (Å²) < 4.78 is 33.0. The van der Waals surface area contributed by atoms with E-state index in [-0.39, 0.29) is 16.2 Å². The molecule has 0 bridgehead atoms. The van der Waals surface area contributed by atoms with Crippen molar-refractivity contribution in [3.8, 4) is 5.75 Å². The van der Waals surface area contributed by atoms with Crippen LogP contribution in [0.1, 0.15) is 21.5 Å². The number of hydrogen-bond acceptors (Lipinski definition) is 6. The first-order valence-electron chi connectivity index (χ1n) is 8.29. The number of carbonyl (C=O) groups is 2. The molecule has 0 aliphatic heterocycles. The molecule has 0 atom stereocenters. The first-order chi connectivity index (χ1) is 13.1. The molecule has 28 heavy (non-hydrogen) atoms. The number of nitrogens with two attached hydrogens (primary N) is 1. The zero-order chi connectivity index (χ0) is 20.9. The Bertz CT molecular complexity index is 970. The second kappa shape index (κ2) is 8.85. The van der Waals surface area contributed by atoms with E-state index in [1.807, 2.05) is 31.2 Å². The third kappa shape index (κ3) is 5.54. The van der Waals surface area contributed by atoms with Crippen LogP contribution in [0.4, 0.5) is 0 Å². The summed E-state index contributed by atoms with van der Waals surface area (Å²) in [6, 6.07) is 11.3. The Hall–Kier alpha value is -2.91. The maximum atomic E-state index is 12.3. The van der Waals surface area contributed by atoms with Gasteiger partial charge in [-0.05, 0) is 30.7 Å². The predicted octanol–water partition coefficient (Wildman–Crippen LogP) is 1.47. The summed E-state index contributed by atoms with van der Waals surface area (Å²) in [4.78, 5) is 25.7. The normalized spacial score (nSPS) is 11.0. The highest BCUT2D eigenvalue weighted by Gasteiger charge is 2.20. The summed E-state index contributed by atoms with van der Waals surface area (Å²) >= 11 is 0. The number of aryl methyl sites for hydroxylation is 1. The van der Waals surface area contributed by atoms with Crippen LogP contribution in [0.15, 0.2) is 47.4 Å². The molecule has 0 aromatic heterocycles. The van der Waals surface area contributed by atoms with Crippen molar-refractivity contribution in [1.82, 2.24) is 4.90 Å². The van der Waals surface area contributed by atoms with Crippen molar-refractivity contribution in [3.05, 3.63) is 59.2 Å². The van der Waals surface area contributed by atoms with E-state index in [2.05, 4.69) is 0 Å². The average molecular weight is 406 g/mol. The Morgan fingerprint density at radius 2 is 1.75 bits per heavy atom. The number of sulfonamides is 1. The summed E-state index contributed by atoms with van der Waals surface area (Å²) in [5.41, 5.74) is 1.92. The molecular weight excluding hydrogens is 384 g/mol. The van der Waals surface area contributed by atoms with E-state index in [0.717, 1.165) is 17.2 Å². The summed E-state index contributed by atoms with van der Waals surface area (Å²) in [5, 5.41) is 5.08. The Labute approximate surface area is 163 Å². The molecule has 8 nitrogen and oxygen atoms in total. The molecule has 0 saturated carbocycles. The Kier molecular flexibility index (Phi) is 6.76. The van der Waals surface area contributed by atoms with Gasteiger partial charge in [-0.3, -0.25) is 4.79 Å². The van der Waals surface area contributed by atoms with Crippen molar-refractivity contribution in [1.29, 1.82) is 0 Å². The van der Waals surface area contributed by atoms with Gasteiger partial charge in [0.05, 0.1) is 12.0 Å². The Balaban J connectivity index is 2.04. The van der Waals surface area contributed by atoms with Crippen LogP contribution in [0.25, 0.3) is 0 Å². The molecule has 0 spiro atoms. The number of hydrogen-bond donors (Lipinski definition) is 1. The van der Waals surface area contributed by atoms with Crippen molar-refractivity contribution < 1.29 is 27.5 Å². The third-order valence-corrected chi connectivity index (χ3v) is 4.92. The standard InChI is InChI=1S/C19H22N2O6S/c1-13-4-6-14(7-5-13)11-21(2)18(22)12-27-19(23)16-10-15(28(20,24)25)8-9-17(16)26-3/h4-10H,11-12H2,1-3H3,(H2,20,24,25). The topological polar surface area (TPSA) is 116 Å². The molecule has 2 rings (SSSR count). The molecule has 2 aromatic carbocycles. The van der Waals surface area contributed by atoms with E-state index < -0.39 is 28.5 Å². The first-order valence-corrected chi connectivity index (χ1v) is 9.84. The SMILES string of the molecule is COc1ccc(S(N)(=O)=O)cc1C(=O)OCC(=O)N(C)Cc1ccc(C)cc1.